The van der Waals surface area contributed by atoms with Gasteiger partial charge in [0.15, 0.2) is 5.78 Å². The lowest BCUT2D eigenvalue weighted by Crippen LogP contribution is -2.18. The molecule has 2 nitrogen and oxygen atoms in total. The lowest BCUT2D eigenvalue weighted by atomic mass is 9.96. The zero-order valence-corrected chi connectivity index (χ0v) is 6.59. The quantitative estimate of drug-likeness (QED) is 0.582. The summed E-state index contributed by atoms with van der Waals surface area (Å²) in [7, 11) is 0. The van der Waals surface area contributed by atoms with Crippen molar-refractivity contribution >= 4 is 5.78 Å². The van der Waals surface area contributed by atoms with Crippen LogP contribution < -0.4 is 0 Å². The van der Waals surface area contributed by atoms with Crippen LogP contribution in [0.15, 0.2) is 0 Å². The summed E-state index contributed by atoms with van der Waals surface area (Å²) in [6.07, 6.45) is 2.10. The third kappa shape index (κ3) is 1.21. The molecule has 2 heteroatoms. The van der Waals surface area contributed by atoms with E-state index in [1.807, 2.05) is 6.92 Å². The maximum absolute atomic E-state index is 11.0. The molecule has 0 spiro atoms. The first-order valence-corrected chi connectivity index (χ1v) is 3.93. The van der Waals surface area contributed by atoms with Crippen LogP contribution in [0, 0.1) is 5.92 Å². The van der Waals surface area contributed by atoms with Crippen LogP contribution in [0.3, 0.4) is 0 Å². The standard InChI is InChI=1S/C8H14O2/c1-3-6-7(9)5-10-8(6)4-2/h6,8H,3-5H2,1-2H3. The molecule has 0 aromatic heterocycles. The van der Waals surface area contributed by atoms with E-state index in [1.165, 1.54) is 0 Å². The third-order valence-electron chi connectivity index (χ3n) is 2.14. The minimum atomic E-state index is 0.185. The zero-order valence-electron chi connectivity index (χ0n) is 6.59. The van der Waals surface area contributed by atoms with Crippen molar-refractivity contribution in [1.82, 2.24) is 0 Å². The summed E-state index contributed by atoms with van der Waals surface area (Å²) in [5, 5.41) is 0. The average Bonchev–Trinajstić information content (AvgIpc) is 2.30. The van der Waals surface area contributed by atoms with Crippen LogP contribution in [-0.4, -0.2) is 18.5 Å². The van der Waals surface area contributed by atoms with Crippen LogP contribution in [0.2, 0.25) is 0 Å². The lowest BCUT2D eigenvalue weighted by molar-refractivity contribution is -0.120. The van der Waals surface area contributed by atoms with Crippen LogP contribution in [0.4, 0.5) is 0 Å². The van der Waals surface area contributed by atoms with E-state index in [2.05, 4.69) is 6.92 Å². The highest BCUT2D eigenvalue weighted by Gasteiger charge is 2.32. The molecule has 2 unspecified atom stereocenters. The van der Waals surface area contributed by atoms with Gasteiger partial charge >= 0.3 is 0 Å². The molecule has 0 radical (unpaired) electrons. The van der Waals surface area contributed by atoms with E-state index < -0.39 is 0 Å². The number of hydrogen-bond donors (Lipinski definition) is 0. The van der Waals surface area contributed by atoms with Crippen molar-refractivity contribution in [2.45, 2.75) is 32.8 Å². The Kier molecular flexibility index (Phi) is 2.44. The summed E-state index contributed by atoms with van der Waals surface area (Å²) in [5.74, 6) is 0.472. The van der Waals surface area contributed by atoms with Gasteiger partial charge in [-0.25, -0.2) is 0 Å². The molecule has 1 heterocycles. The van der Waals surface area contributed by atoms with Gasteiger partial charge in [0.1, 0.15) is 6.61 Å². The normalized spacial score (nSPS) is 33.2. The largest absolute Gasteiger partial charge is 0.370 e. The van der Waals surface area contributed by atoms with Gasteiger partial charge in [-0.3, -0.25) is 4.79 Å². The monoisotopic (exact) mass is 142 g/mol. The highest BCUT2D eigenvalue weighted by Crippen LogP contribution is 2.22. The molecule has 0 bridgehead atoms. The molecule has 0 amide bonds. The Morgan fingerprint density at radius 1 is 1.50 bits per heavy atom. The molecule has 0 aliphatic carbocycles. The van der Waals surface area contributed by atoms with Crippen molar-refractivity contribution in [2.24, 2.45) is 5.92 Å². The lowest BCUT2D eigenvalue weighted by Gasteiger charge is -2.11. The van der Waals surface area contributed by atoms with Gasteiger partial charge in [-0.2, -0.15) is 0 Å². The highest BCUT2D eigenvalue weighted by atomic mass is 16.5. The Balaban J connectivity index is 2.54. The fourth-order valence-corrected chi connectivity index (χ4v) is 1.51. The van der Waals surface area contributed by atoms with E-state index in [9.17, 15) is 4.79 Å². The van der Waals surface area contributed by atoms with Crippen LogP contribution in [-0.2, 0) is 9.53 Å². The Morgan fingerprint density at radius 3 is 2.60 bits per heavy atom. The van der Waals surface area contributed by atoms with Crippen molar-refractivity contribution < 1.29 is 9.53 Å². The Morgan fingerprint density at radius 2 is 2.20 bits per heavy atom. The summed E-state index contributed by atoms with van der Waals surface area (Å²) in [6, 6.07) is 0. The Hall–Kier alpha value is -0.370. The molecule has 1 saturated heterocycles. The van der Waals surface area contributed by atoms with Crippen molar-refractivity contribution in [3.8, 4) is 0 Å². The van der Waals surface area contributed by atoms with Gasteiger partial charge in [0, 0.05) is 5.92 Å². The fraction of sp³-hybridized carbons (Fsp3) is 0.875. The van der Waals surface area contributed by atoms with E-state index in [0.29, 0.717) is 6.61 Å². The molecule has 1 aliphatic heterocycles. The smallest absolute Gasteiger partial charge is 0.164 e. The van der Waals surface area contributed by atoms with Crippen molar-refractivity contribution in [3.63, 3.8) is 0 Å². The first-order chi connectivity index (χ1) is 4.79. The second-order valence-electron chi connectivity index (χ2n) is 2.74. The summed E-state index contributed by atoms with van der Waals surface area (Å²) >= 11 is 0. The summed E-state index contributed by atoms with van der Waals surface area (Å²) in [4.78, 5) is 11.0. The minimum absolute atomic E-state index is 0.185. The second kappa shape index (κ2) is 3.15. The molecular formula is C8H14O2. The molecule has 0 N–H and O–H groups in total. The van der Waals surface area contributed by atoms with Crippen LogP contribution in [0.25, 0.3) is 0 Å². The third-order valence-corrected chi connectivity index (χ3v) is 2.14. The van der Waals surface area contributed by atoms with Gasteiger partial charge in [-0.1, -0.05) is 13.8 Å². The Labute approximate surface area is 61.6 Å². The molecule has 1 rings (SSSR count). The number of Topliss-reactive ketones (excluding diaryl/α,β-unsaturated/α-hetero) is 1. The van der Waals surface area contributed by atoms with Gasteiger partial charge in [0.05, 0.1) is 6.10 Å². The number of hydrogen-bond acceptors (Lipinski definition) is 2. The average molecular weight is 142 g/mol. The molecule has 0 aromatic carbocycles. The van der Waals surface area contributed by atoms with Crippen LogP contribution >= 0.6 is 0 Å². The van der Waals surface area contributed by atoms with E-state index in [1.54, 1.807) is 0 Å². The summed E-state index contributed by atoms with van der Waals surface area (Å²) < 4.78 is 5.27. The number of carbonyl (C=O) groups excluding carboxylic acids is 1. The molecule has 10 heavy (non-hydrogen) atoms. The van der Waals surface area contributed by atoms with Gasteiger partial charge in [-0.05, 0) is 12.8 Å². The predicted molar refractivity (Wildman–Crippen MR) is 38.8 cm³/mol. The van der Waals surface area contributed by atoms with Crippen molar-refractivity contribution in [3.05, 3.63) is 0 Å². The van der Waals surface area contributed by atoms with E-state index >= 15 is 0 Å². The van der Waals surface area contributed by atoms with Crippen molar-refractivity contribution in [2.75, 3.05) is 6.61 Å². The highest BCUT2D eigenvalue weighted by molar-refractivity contribution is 5.84. The molecule has 2 atom stereocenters. The first kappa shape index (κ1) is 7.73. The SMILES string of the molecule is CCC1OCC(=O)C1CC. The van der Waals surface area contributed by atoms with E-state index in [0.717, 1.165) is 12.8 Å². The summed E-state index contributed by atoms with van der Waals surface area (Å²) in [6.45, 7) is 4.45. The maximum Gasteiger partial charge on any atom is 0.164 e. The van der Waals surface area contributed by atoms with Gasteiger partial charge in [0.2, 0.25) is 0 Å². The van der Waals surface area contributed by atoms with Gasteiger partial charge < -0.3 is 4.74 Å². The fourth-order valence-electron chi connectivity index (χ4n) is 1.51. The van der Waals surface area contributed by atoms with Crippen LogP contribution in [0.1, 0.15) is 26.7 Å². The summed E-state index contributed by atoms with van der Waals surface area (Å²) in [5.41, 5.74) is 0. The molecule has 1 aliphatic rings. The van der Waals surface area contributed by atoms with Gasteiger partial charge in [-0.15, -0.1) is 0 Å². The number of ketones is 1. The van der Waals surface area contributed by atoms with E-state index in [-0.39, 0.29) is 17.8 Å². The molecule has 0 aromatic rings. The number of rotatable bonds is 2. The first-order valence-electron chi connectivity index (χ1n) is 3.93. The number of ether oxygens (including phenoxy) is 1. The Bertz CT molecular complexity index is 131. The minimum Gasteiger partial charge on any atom is -0.370 e. The molecular weight excluding hydrogens is 128 g/mol. The number of carbonyl (C=O) groups is 1. The second-order valence-corrected chi connectivity index (χ2v) is 2.74. The van der Waals surface area contributed by atoms with Crippen molar-refractivity contribution in [1.29, 1.82) is 0 Å². The van der Waals surface area contributed by atoms with Gasteiger partial charge in [0.25, 0.3) is 0 Å². The maximum atomic E-state index is 11.0. The molecule has 1 fully saturated rings. The van der Waals surface area contributed by atoms with Crippen LogP contribution in [0.5, 0.6) is 0 Å². The topological polar surface area (TPSA) is 26.3 Å². The zero-order chi connectivity index (χ0) is 7.56. The predicted octanol–water partition coefficient (Wildman–Crippen LogP) is 1.39. The van der Waals surface area contributed by atoms with E-state index in [4.69, 9.17) is 4.74 Å². The molecule has 58 valence electrons. The molecule has 0 saturated carbocycles.